The van der Waals surface area contributed by atoms with E-state index in [2.05, 4.69) is 0 Å². The van der Waals surface area contributed by atoms with E-state index in [0.717, 1.165) is 0 Å². The van der Waals surface area contributed by atoms with Crippen molar-refractivity contribution in [3.63, 3.8) is 0 Å². The lowest BCUT2D eigenvalue weighted by molar-refractivity contribution is -0.159. The van der Waals surface area contributed by atoms with Crippen LogP contribution in [0, 0.1) is 0 Å². The zero-order valence-electron chi connectivity index (χ0n) is 7.45. The number of hydrogen-bond acceptors (Lipinski definition) is 3. The Balaban J connectivity index is 0.000000288. The van der Waals surface area contributed by atoms with Crippen molar-refractivity contribution < 1.29 is 29.7 Å². The Morgan fingerprint density at radius 3 is 1.40 bits per heavy atom. The molecule has 1 aromatic carbocycles. The molecular formula is C9H8O6. The molecule has 0 fully saturated rings. The molecule has 0 aromatic heterocycles. The van der Waals surface area contributed by atoms with Gasteiger partial charge < -0.3 is 15.3 Å². The first-order chi connectivity index (χ1) is 6.95. The van der Waals surface area contributed by atoms with Gasteiger partial charge in [-0.3, -0.25) is 0 Å². The lowest BCUT2D eigenvalue weighted by Crippen LogP contribution is -2.09. The van der Waals surface area contributed by atoms with Gasteiger partial charge in [-0.15, -0.1) is 0 Å². The van der Waals surface area contributed by atoms with Crippen molar-refractivity contribution in [2.45, 2.75) is 0 Å². The average molecular weight is 212 g/mol. The topological polar surface area (TPSA) is 112 Å². The first kappa shape index (κ1) is 12.6. The molecule has 6 heteroatoms. The molecule has 15 heavy (non-hydrogen) atoms. The maximum Gasteiger partial charge on any atom is 0.414 e. The largest absolute Gasteiger partial charge is 0.478 e. The molecule has 0 amide bonds. The minimum atomic E-state index is -1.82. The first-order valence-electron chi connectivity index (χ1n) is 3.69. The molecule has 0 aliphatic heterocycles. The number of rotatable bonds is 1. The van der Waals surface area contributed by atoms with Gasteiger partial charge in [0.25, 0.3) is 0 Å². The number of carbonyl (C=O) groups is 3. The summed E-state index contributed by atoms with van der Waals surface area (Å²) >= 11 is 0. The van der Waals surface area contributed by atoms with Crippen LogP contribution < -0.4 is 0 Å². The lowest BCUT2D eigenvalue weighted by Gasteiger charge is -1.88. The van der Waals surface area contributed by atoms with E-state index in [4.69, 9.17) is 24.9 Å². The van der Waals surface area contributed by atoms with Crippen LogP contribution in [0.15, 0.2) is 30.3 Å². The quantitative estimate of drug-likeness (QED) is 0.585. The lowest BCUT2D eigenvalue weighted by atomic mass is 10.2. The van der Waals surface area contributed by atoms with Crippen molar-refractivity contribution in [1.82, 2.24) is 0 Å². The Bertz CT molecular complexity index is 344. The van der Waals surface area contributed by atoms with Gasteiger partial charge in [-0.05, 0) is 12.1 Å². The molecule has 0 radical (unpaired) electrons. The molecule has 0 saturated heterocycles. The van der Waals surface area contributed by atoms with Gasteiger partial charge >= 0.3 is 17.9 Å². The van der Waals surface area contributed by atoms with Crippen LogP contribution in [0.2, 0.25) is 0 Å². The average Bonchev–Trinajstić information content (AvgIpc) is 2.20. The summed E-state index contributed by atoms with van der Waals surface area (Å²) in [6.45, 7) is 0. The van der Waals surface area contributed by atoms with Gasteiger partial charge in [-0.2, -0.15) is 0 Å². The SMILES string of the molecule is O=C(O)C(=O)O.O=C(O)c1ccccc1. The van der Waals surface area contributed by atoms with Gasteiger partial charge in [0.2, 0.25) is 0 Å². The van der Waals surface area contributed by atoms with E-state index in [9.17, 15) is 4.79 Å². The molecule has 80 valence electrons. The number of carboxylic acid groups (broad SMARTS) is 3. The van der Waals surface area contributed by atoms with Gasteiger partial charge in [0.1, 0.15) is 0 Å². The van der Waals surface area contributed by atoms with Gasteiger partial charge in [-0.1, -0.05) is 18.2 Å². The van der Waals surface area contributed by atoms with E-state index in [0.29, 0.717) is 5.56 Å². The number of hydrogen-bond donors (Lipinski definition) is 3. The highest BCUT2D eigenvalue weighted by Gasteiger charge is 2.04. The van der Waals surface area contributed by atoms with E-state index in [-0.39, 0.29) is 0 Å². The molecule has 1 rings (SSSR count). The van der Waals surface area contributed by atoms with Gasteiger partial charge in [-0.25, -0.2) is 14.4 Å². The van der Waals surface area contributed by atoms with Crippen LogP contribution in [0.4, 0.5) is 0 Å². The Hall–Kier alpha value is -2.37. The van der Waals surface area contributed by atoms with Crippen LogP contribution in [-0.4, -0.2) is 33.2 Å². The standard InChI is InChI=1S/C7H6O2.C2H2O4/c8-7(9)6-4-2-1-3-5-6;3-1(4)2(5)6/h1-5H,(H,8,9);(H,3,4)(H,5,6). The Morgan fingerprint density at radius 1 is 0.800 bits per heavy atom. The van der Waals surface area contributed by atoms with Crippen molar-refractivity contribution in [2.24, 2.45) is 0 Å². The highest BCUT2D eigenvalue weighted by Crippen LogP contribution is 1.96. The third kappa shape index (κ3) is 5.81. The third-order valence-electron chi connectivity index (χ3n) is 1.20. The highest BCUT2D eigenvalue weighted by atomic mass is 16.4. The van der Waals surface area contributed by atoms with E-state index in [1.165, 1.54) is 0 Å². The van der Waals surface area contributed by atoms with E-state index in [1.807, 2.05) is 0 Å². The fourth-order valence-corrected chi connectivity index (χ4v) is 0.581. The second kappa shape index (κ2) is 6.14. The van der Waals surface area contributed by atoms with E-state index < -0.39 is 17.9 Å². The number of aromatic carboxylic acids is 1. The summed E-state index contributed by atoms with van der Waals surface area (Å²) in [5, 5.41) is 23.2. The summed E-state index contributed by atoms with van der Waals surface area (Å²) < 4.78 is 0. The molecule has 0 unspecified atom stereocenters. The summed E-state index contributed by atoms with van der Waals surface area (Å²) in [4.78, 5) is 28.4. The third-order valence-corrected chi connectivity index (χ3v) is 1.20. The zero-order chi connectivity index (χ0) is 11.8. The Labute approximate surface area is 84.4 Å². The fourth-order valence-electron chi connectivity index (χ4n) is 0.581. The summed E-state index contributed by atoms with van der Waals surface area (Å²) in [6.07, 6.45) is 0. The summed E-state index contributed by atoms with van der Waals surface area (Å²) in [7, 11) is 0. The van der Waals surface area contributed by atoms with Crippen LogP contribution in [0.5, 0.6) is 0 Å². The van der Waals surface area contributed by atoms with Crippen LogP contribution >= 0.6 is 0 Å². The number of benzene rings is 1. The molecule has 0 atom stereocenters. The summed E-state index contributed by atoms with van der Waals surface area (Å²) in [5.74, 6) is -4.53. The zero-order valence-corrected chi connectivity index (χ0v) is 7.45. The fraction of sp³-hybridized carbons (Fsp3) is 0. The molecule has 6 nitrogen and oxygen atoms in total. The number of carboxylic acids is 3. The Kier molecular flexibility index (Phi) is 5.17. The van der Waals surface area contributed by atoms with Crippen LogP contribution in [0.3, 0.4) is 0 Å². The summed E-state index contributed by atoms with van der Waals surface area (Å²) in [6, 6.07) is 8.30. The van der Waals surface area contributed by atoms with Crippen LogP contribution in [0.1, 0.15) is 10.4 Å². The molecule has 1 aromatic rings. The predicted octanol–water partition coefficient (Wildman–Crippen LogP) is 0.540. The van der Waals surface area contributed by atoms with Crippen LogP contribution in [-0.2, 0) is 9.59 Å². The highest BCUT2D eigenvalue weighted by molar-refractivity contribution is 6.27. The molecule has 0 aliphatic rings. The van der Waals surface area contributed by atoms with E-state index in [1.54, 1.807) is 30.3 Å². The maximum atomic E-state index is 10.2. The molecule has 0 saturated carbocycles. The minimum Gasteiger partial charge on any atom is -0.478 e. The van der Waals surface area contributed by atoms with Crippen molar-refractivity contribution in [3.8, 4) is 0 Å². The van der Waals surface area contributed by atoms with Crippen molar-refractivity contribution in [1.29, 1.82) is 0 Å². The minimum absolute atomic E-state index is 0.331. The second-order valence-electron chi connectivity index (χ2n) is 2.28. The van der Waals surface area contributed by atoms with Crippen molar-refractivity contribution in [2.75, 3.05) is 0 Å². The van der Waals surface area contributed by atoms with Crippen molar-refractivity contribution in [3.05, 3.63) is 35.9 Å². The molecule has 0 heterocycles. The molecular weight excluding hydrogens is 204 g/mol. The molecule has 0 bridgehead atoms. The van der Waals surface area contributed by atoms with Gasteiger partial charge in [0.05, 0.1) is 5.56 Å². The first-order valence-corrected chi connectivity index (χ1v) is 3.69. The summed E-state index contributed by atoms with van der Waals surface area (Å²) in [5.41, 5.74) is 0.331. The normalized spacial score (nSPS) is 8.27. The van der Waals surface area contributed by atoms with Gasteiger partial charge in [0.15, 0.2) is 0 Å². The van der Waals surface area contributed by atoms with Crippen LogP contribution in [0.25, 0.3) is 0 Å². The molecule has 0 spiro atoms. The second-order valence-corrected chi connectivity index (χ2v) is 2.28. The Morgan fingerprint density at radius 2 is 1.20 bits per heavy atom. The number of aliphatic carboxylic acids is 2. The monoisotopic (exact) mass is 212 g/mol. The predicted molar refractivity (Wildman–Crippen MR) is 48.7 cm³/mol. The molecule has 0 aliphatic carbocycles. The van der Waals surface area contributed by atoms with Gasteiger partial charge in [0, 0.05) is 0 Å². The molecule has 3 N–H and O–H groups in total. The maximum absolute atomic E-state index is 10.2. The smallest absolute Gasteiger partial charge is 0.414 e. The van der Waals surface area contributed by atoms with Crippen molar-refractivity contribution >= 4 is 17.9 Å². The van der Waals surface area contributed by atoms with E-state index >= 15 is 0 Å².